The maximum absolute atomic E-state index is 12.0. The minimum absolute atomic E-state index is 0.00948. The zero-order valence-corrected chi connectivity index (χ0v) is 8.98. The van der Waals surface area contributed by atoms with Crippen LogP contribution in [0.2, 0.25) is 0 Å². The van der Waals surface area contributed by atoms with E-state index in [9.17, 15) is 4.57 Å². The molecule has 0 aliphatic carbocycles. The quantitative estimate of drug-likeness (QED) is 0.740. The molecule has 0 unspecified atom stereocenters. The molecule has 0 saturated carbocycles. The number of hydrogen-bond donors (Lipinski definition) is 1. The first-order valence-electron chi connectivity index (χ1n) is 4.19. The van der Waals surface area contributed by atoms with E-state index in [1.54, 1.807) is 13.8 Å². The summed E-state index contributed by atoms with van der Waals surface area (Å²) < 4.78 is 23.0. The molecule has 80 valence electrons. The van der Waals surface area contributed by atoms with Crippen LogP contribution in [0.1, 0.15) is 13.8 Å². The number of aromatic nitrogens is 3. The minimum atomic E-state index is -3.44. The second-order valence-electron chi connectivity index (χ2n) is 2.31. The van der Waals surface area contributed by atoms with Gasteiger partial charge in [0.05, 0.1) is 13.2 Å². The molecule has 0 bridgehead atoms. The molecule has 1 aromatic rings. The van der Waals surface area contributed by atoms with Crippen LogP contribution in [-0.4, -0.2) is 27.7 Å². The van der Waals surface area contributed by atoms with Gasteiger partial charge in [-0.2, -0.15) is 4.98 Å². The van der Waals surface area contributed by atoms with E-state index >= 15 is 0 Å². The first kappa shape index (κ1) is 11.2. The summed E-state index contributed by atoms with van der Waals surface area (Å²) in [6.07, 6.45) is 1.19. The lowest BCUT2D eigenvalue weighted by atomic mass is 10.9. The van der Waals surface area contributed by atoms with Crippen molar-refractivity contribution >= 4 is 13.7 Å². The van der Waals surface area contributed by atoms with Crippen molar-refractivity contribution in [2.75, 3.05) is 18.9 Å². The fourth-order valence-electron chi connectivity index (χ4n) is 0.906. The van der Waals surface area contributed by atoms with Gasteiger partial charge in [-0.3, -0.25) is 9.05 Å². The van der Waals surface area contributed by atoms with E-state index in [-0.39, 0.29) is 19.2 Å². The van der Waals surface area contributed by atoms with Crippen molar-refractivity contribution in [1.29, 1.82) is 0 Å². The van der Waals surface area contributed by atoms with Crippen molar-refractivity contribution in [2.24, 2.45) is 0 Å². The highest BCUT2D eigenvalue weighted by molar-refractivity contribution is 7.52. The maximum Gasteiger partial charge on any atom is 0.458 e. The maximum atomic E-state index is 12.0. The lowest BCUT2D eigenvalue weighted by Crippen LogP contribution is -2.09. The standard InChI is InChI=1S/C6H13N4O3P/c1-3-12-14(11,13-4-2)10-6(7)8-5-9-10/h5H,3-4H2,1-2H3,(H2,7,8,9). The zero-order valence-electron chi connectivity index (χ0n) is 8.08. The molecule has 0 aliphatic heterocycles. The number of nitrogens with two attached hydrogens (primary N) is 1. The average molecular weight is 220 g/mol. The molecule has 0 aromatic carbocycles. The molecule has 0 atom stereocenters. The number of anilines is 1. The molecule has 1 aromatic heterocycles. The average Bonchev–Trinajstić information content (AvgIpc) is 2.52. The highest BCUT2D eigenvalue weighted by Crippen LogP contribution is 2.49. The predicted octanol–water partition coefficient (Wildman–Crippen LogP) is 0.889. The van der Waals surface area contributed by atoms with E-state index in [2.05, 4.69) is 10.1 Å². The molecule has 7 nitrogen and oxygen atoms in total. The monoisotopic (exact) mass is 220 g/mol. The number of nitrogens with zero attached hydrogens (tertiary/aromatic N) is 3. The van der Waals surface area contributed by atoms with Crippen LogP contribution in [-0.2, 0) is 13.6 Å². The molecular weight excluding hydrogens is 207 g/mol. The van der Waals surface area contributed by atoms with Crippen LogP contribution in [0.5, 0.6) is 0 Å². The molecule has 0 spiro atoms. The number of nitrogen functional groups attached to an aromatic ring is 1. The summed E-state index contributed by atoms with van der Waals surface area (Å²) in [6.45, 7) is 3.91. The third kappa shape index (κ3) is 2.12. The Labute approximate surface area is 81.8 Å². The molecule has 1 heterocycles. The van der Waals surface area contributed by atoms with Gasteiger partial charge in [-0.15, -0.1) is 9.55 Å². The van der Waals surface area contributed by atoms with Crippen LogP contribution < -0.4 is 5.73 Å². The van der Waals surface area contributed by atoms with Gasteiger partial charge in [0.15, 0.2) is 0 Å². The summed E-state index contributed by atoms with van der Waals surface area (Å²) in [5.74, 6) is 0.00948. The van der Waals surface area contributed by atoms with E-state index in [1.165, 1.54) is 6.33 Å². The Balaban J connectivity index is 2.99. The fourth-order valence-corrected chi connectivity index (χ4v) is 2.33. The van der Waals surface area contributed by atoms with E-state index in [4.69, 9.17) is 14.8 Å². The Morgan fingerprint density at radius 3 is 2.43 bits per heavy atom. The summed E-state index contributed by atoms with van der Waals surface area (Å²) in [6, 6.07) is 0. The van der Waals surface area contributed by atoms with Crippen LogP contribution in [0.25, 0.3) is 0 Å². The summed E-state index contributed by atoms with van der Waals surface area (Å²) in [5, 5.41) is 3.69. The Kier molecular flexibility index (Phi) is 3.62. The third-order valence-corrected chi connectivity index (χ3v) is 3.31. The van der Waals surface area contributed by atoms with Gasteiger partial charge in [0.25, 0.3) is 0 Å². The molecule has 1 rings (SSSR count). The van der Waals surface area contributed by atoms with Gasteiger partial charge in [0.2, 0.25) is 5.95 Å². The summed E-state index contributed by atoms with van der Waals surface area (Å²) in [5.41, 5.74) is 5.44. The first-order chi connectivity index (χ1) is 6.64. The second-order valence-corrected chi connectivity index (χ2v) is 4.14. The first-order valence-corrected chi connectivity index (χ1v) is 5.69. The molecule has 0 fully saturated rings. The van der Waals surface area contributed by atoms with Gasteiger partial charge >= 0.3 is 7.75 Å². The van der Waals surface area contributed by atoms with Crippen LogP contribution in [0.15, 0.2) is 6.33 Å². The van der Waals surface area contributed by atoms with Gasteiger partial charge < -0.3 is 5.73 Å². The smallest absolute Gasteiger partial charge is 0.368 e. The van der Waals surface area contributed by atoms with Crippen molar-refractivity contribution in [3.8, 4) is 0 Å². The van der Waals surface area contributed by atoms with Crippen molar-refractivity contribution in [1.82, 2.24) is 14.5 Å². The molecule has 14 heavy (non-hydrogen) atoms. The van der Waals surface area contributed by atoms with Crippen LogP contribution in [0, 0.1) is 0 Å². The topological polar surface area (TPSA) is 92.3 Å². The molecule has 0 radical (unpaired) electrons. The Morgan fingerprint density at radius 2 is 2.07 bits per heavy atom. The summed E-state index contributed by atoms with van der Waals surface area (Å²) >= 11 is 0. The van der Waals surface area contributed by atoms with Crippen LogP contribution in [0.3, 0.4) is 0 Å². The van der Waals surface area contributed by atoms with Crippen molar-refractivity contribution in [3.63, 3.8) is 0 Å². The number of rotatable bonds is 5. The van der Waals surface area contributed by atoms with Gasteiger partial charge in [-0.1, -0.05) is 0 Å². The van der Waals surface area contributed by atoms with E-state index in [0.717, 1.165) is 4.45 Å². The molecule has 2 N–H and O–H groups in total. The van der Waals surface area contributed by atoms with Gasteiger partial charge in [0, 0.05) is 0 Å². The highest BCUT2D eigenvalue weighted by Gasteiger charge is 2.29. The van der Waals surface area contributed by atoms with Crippen LogP contribution >= 0.6 is 7.75 Å². The normalized spacial score (nSPS) is 11.9. The number of hydrogen-bond acceptors (Lipinski definition) is 6. The highest BCUT2D eigenvalue weighted by atomic mass is 31.2. The molecule has 8 heteroatoms. The lowest BCUT2D eigenvalue weighted by Gasteiger charge is -2.16. The SMILES string of the molecule is CCOP(=O)(OCC)n1ncnc1N. The largest absolute Gasteiger partial charge is 0.458 e. The molecule has 0 saturated heterocycles. The van der Waals surface area contributed by atoms with Crippen LogP contribution in [0.4, 0.5) is 5.95 Å². The van der Waals surface area contributed by atoms with Gasteiger partial charge in [-0.25, -0.2) is 4.57 Å². The predicted molar refractivity (Wildman–Crippen MR) is 50.7 cm³/mol. The summed E-state index contributed by atoms with van der Waals surface area (Å²) in [4.78, 5) is 3.64. The van der Waals surface area contributed by atoms with Crippen molar-refractivity contribution in [2.45, 2.75) is 13.8 Å². The van der Waals surface area contributed by atoms with Crippen molar-refractivity contribution in [3.05, 3.63) is 6.33 Å². The lowest BCUT2D eigenvalue weighted by molar-refractivity contribution is 0.210. The van der Waals surface area contributed by atoms with E-state index in [0.29, 0.717) is 0 Å². The molecule has 0 amide bonds. The third-order valence-electron chi connectivity index (χ3n) is 1.37. The minimum Gasteiger partial charge on any atom is -0.368 e. The Hall–Kier alpha value is -0.910. The Bertz CT molecular complexity index is 330. The Morgan fingerprint density at radius 1 is 1.50 bits per heavy atom. The molecular formula is C6H13N4O3P. The zero-order chi connectivity index (χ0) is 10.6. The molecule has 0 aliphatic rings. The summed E-state index contributed by atoms with van der Waals surface area (Å²) in [7, 11) is -3.44. The van der Waals surface area contributed by atoms with Gasteiger partial charge in [0.1, 0.15) is 6.33 Å². The fraction of sp³-hybridized carbons (Fsp3) is 0.667. The van der Waals surface area contributed by atoms with Gasteiger partial charge in [-0.05, 0) is 13.8 Å². The van der Waals surface area contributed by atoms with Crippen molar-refractivity contribution < 1.29 is 13.6 Å². The second kappa shape index (κ2) is 4.54. The van der Waals surface area contributed by atoms with E-state index < -0.39 is 7.75 Å². The van der Waals surface area contributed by atoms with E-state index in [1.807, 2.05) is 0 Å².